The van der Waals surface area contributed by atoms with Crippen molar-refractivity contribution in [2.24, 2.45) is 0 Å². The highest BCUT2D eigenvalue weighted by molar-refractivity contribution is 7.99. The van der Waals surface area contributed by atoms with Crippen LogP contribution in [0.3, 0.4) is 0 Å². The van der Waals surface area contributed by atoms with Crippen LogP contribution in [0.25, 0.3) is 0 Å². The Hall–Kier alpha value is -2.36. The third-order valence-corrected chi connectivity index (χ3v) is 7.30. The lowest BCUT2D eigenvalue weighted by molar-refractivity contribution is -0.149. The maximum absolute atomic E-state index is 13.5. The standard InChI is InChI=1S/C23H28N2O5S2/c1-2-30-23(29)18(11-10-17-9-6-12-32-17)24-19-14-31-15-20(16-7-4-3-5-8-16)25(22(19)28)13-21(26)27/h3-9,12,18-20,24H,2,10-11,13-15H2,1H3,(H,26,27). The molecular formula is C23H28N2O5S2. The van der Waals surface area contributed by atoms with Gasteiger partial charge in [-0.25, -0.2) is 0 Å². The number of hydrogen-bond acceptors (Lipinski definition) is 7. The van der Waals surface area contributed by atoms with Crippen molar-refractivity contribution in [2.75, 3.05) is 24.7 Å². The average Bonchev–Trinajstić information content (AvgIpc) is 3.25. The summed E-state index contributed by atoms with van der Waals surface area (Å²) in [6.45, 7) is 1.61. The number of carboxylic acid groups (broad SMARTS) is 1. The van der Waals surface area contributed by atoms with Crippen molar-refractivity contribution < 1.29 is 24.2 Å². The first kappa shape index (κ1) is 24.3. The summed E-state index contributed by atoms with van der Waals surface area (Å²) in [6.07, 6.45) is 1.18. The minimum atomic E-state index is -1.07. The van der Waals surface area contributed by atoms with Gasteiger partial charge in [0.05, 0.1) is 18.7 Å². The number of carbonyl (C=O) groups excluding carboxylic acids is 2. The second-order valence-corrected chi connectivity index (χ2v) is 9.57. The topological polar surface area (TPSA) is 95.9 Å². The second kappa shape index (κ2) is 12.0. The number of nitrogens with one attached hydrogen (secondary N) is 1. The Morgan fingerprint density at radius 1 is 1.22 bits per heavy atom. The maximum Gasteiger partial charge on any atom is 0.323 e. The molecule has 0 aliphatic carbocycles. The van der Waals surface area contributed by atoms with Crippen molar-refractivity contribution in [2.45, 2.75) is 37.9 Å². The molecule has 1 fully saturated rings. The van der Waals surface area contributed by atoms with Gasteiger partial charge in [-0.05, 0) is 36.8 Å². The minimum absolute atomic E-state index is 0.255. The number of ether oxygens (including phenoxy) is 1. The molecule has 9 heteroatoms. The van der Waals surface area contributed by atoms with Crippen LogP contribution in [0, 0.1) is 0 Å². The maximum atomic E-state index is 13.5. The molecule has 7 nitrogen and oxygen atoms in total. The number of thioether (sulfide) groups is 1. The molecule has 1 aromatic heterocycles. The van der Waals surface area contributed by atoms with E-state index in [1.165, 1.54) is 4.90 Å². The molecular weight excluding hydrogens is 448 g/mol. The van der Waals surface area contributed by atoms with E-state index < -0.39 is 30.6 Å². The van der Waals surface area contributed by atoms with Gasteiger partial charge < -0.3 is 14.7 Å². The van der Waals surface area contributed by atoms with Crippen LogP contribution < -0.4 is 5.32 Å². The summed E-state index contributed by atoms with van der Waals surface area (Å²) >= 11 is 3.20. The molecule has 1 saturated heterocycles. The van der Waals surface area contributed by atoms with E-state index in [2.05, 4.69) is 5.32 Å². The molecule has 0 radical (unpaired) electrons. The molecule has 1 aromatic carbocycles. The van der Waals surface area contributed by atoms with Crippen molar-refractivity contribution >= 4 is 40.9 Å². The summed E-state index contributed by atoms with van der Waals surface area (Å²) in [5.74, 6) is -0.732. The van der Waals surface area contributed by atoms with Gasteiger partial charge in [-0.1, -0.05) is 36.4 Å². The SMILES string of the molecule is CCOC(=O)C(CCc1cccs1)NC1CSCC(c2ccccc2)N(CC(=O)O)C1=O. The van der Waals surface area contributed by atoms with Gasteiger partial charge >= 0.3 is 11.9 Å². The lowest BCUT2D eigenvalue weighted by atomic mass is 10.1. The number of benzene rings is 1. The van der Waals surface area contributed by atoms with Gasteiger partial charge in [0.15, 0.2) is 0 Å². The fourth-order valence-corrected chi connectivity index (χ4v) is 5.64. The molecule has 172 valence electrons. The van der Waals surface area contributed by atoms with Crippen molar-refractivity contribution in [3.63, 3.8) is 0 Å². The Kier molecular flexibility index (Phi) is 9.13. The molecule has 0 saturated carbocycles. The predicted octanol–water partition coefficient (Wildman–Crippen LogP) is 2.97. The van der Waals surface area contributed by atoms with E-state index in [1.807, 2.05) is 47.8 Å². The van der Waals surface area contributed by atoms with Crippen molar-refractivity contribution in [3.05, 3.63) is 58.3 Å². The Morgan fingerprint density at radius 2 is 2.00 bits per heavy atom. The number of aliphatic carboxylic acids is 1. The van der Waals surface area contributed by atoms with Crippen molar-refractivity contribution in [1.82, 2.24) is 10.2 Å². The first-order valence-corrected chi connectivity index (χ1v) is 12.6. The molecule has 0 spiro atoms. The van der Waals surface area contributed by atoms with Crippen LogP contribution >= 0.6 is 23.1 Å². The van der Waals surface area contributed by atoms with Gasteiger partial charge in [0.25, 0.3) is 0 Å². The normalized spacial score (nSPS) is 19.9. The largest absolute Gasteiger partial charge is 0.480 e. The Bertz CT molecular complexity index is 891. The van der Waals surface area contributed by atoms with E-state index in [1.54, 1.807) is 30.0 Å². The van der Waals surface area contributed by atoms with E-state index >= 15 is 0 Å². The Balaban J connectivity index is 1.78. The molecule has 2 heterocycles. The number of aryl methyl sites for hydroxylation is 1. The van der Waals surface area contributed by atoms with Crippen LogP contribution in [0.2, 0.25) is 0 Å². The Morgan fingerprint density at radius 3 is 2.66 bits per heavy atom. The summed E-state index contributed by atoms with van der Waals surface area (Å²) in [6, 6.07) is 11.8. The molecule has 32 heavy (non-hydrogen) atoms. The summed E-state index contributed by atoms with van der Waals surface area (Å²) in [7, 11) is 0. The number of carbonyl (C=O) groups is 3. The van der Waals surface area contributed by atoms with Crippen molar-refractivity contribution in [1.29, 1.82) is 0 Å². The quantitative estimate of drug-likeness (QED) is 0.509. The van der Waals surface area contributed by atoms with Crippen LogP contribution in [0.15, 0.2) is 47.8 Å². The third kappa shape index (κ3) is 6.57. The van der Waals surface area contributed by atoms with Crippen molar-refractivity contribution in [3.8, 4) is 0 Å². The molecule has 1 aliphatic rings. The third-order valence-electron chi connectivity index (χ3n) is 5.24. The molecule has 1 amide bonds. The van der Waals surface area contributed by atoms with E-state index in [0.29, 0.717) is 24.3 Å². The fourth-order valence-electron chi connectivity index (χ4n) is 3.71. The van der Waals surface area contributed by atoms with Gasteiger partial charge in [-0.15, -0.1) is 11.3 Å². The molecule has 3 rings (SSSR count). The van der Waals surface area contributed by atoms with Crippen LogP contribution in [-0.4, -0.2) is 64.6 Å². The number of amides is 1. The number of hydrogen-bond donors (Lipinski definition) is 2. The van der Waals surface area contributed by atoms with Crippen LogP contribution in [0.4, 0.5) is 0 Å². The molecule has 3 atom stereocenters. The molecule has 3 unspecified atom stereocenters. The van der Waals surface area contributed by atoms with E-state index in [0.717, 1.165) is 10.4 Å². The van der Waals surface area contributed by atoms with Gasteiger partial charge in [0, 0.05) is 16.4 Å². The zero-order valence-electron chi connectivity index (χ0n) is 17.9. The number of carboxylic acids is 1. The van der Waals surface area contributed by atoms with Crippen LogP contribution in [0.5, 0.6) is 0 Å². The number of esters is 1. The van der Waals surface area contributed by atoms with Gasteiger partial charge in [0.2, 0.25) is 5.91 Å². The number of rotatable bonds is 10. The highest BCUT2D eigenvalue weighted by Gasteiger charge is 2.37. The van der Waals surface area contributed by atoms with Gasteiger partial charge in [-0.3, -0.25) is 19.7 Å². The van der Waals surface area contributed by atoms with Gasteiger partial charge in [0.1, 0.15) is 12.6 Å². The summed E-state index contributed by atoms with van der Waals surface area (Å²) in [5.41, 5.74) is 0.898. The zero-order chi connectivity index (χ0) is 22.9. The monoisotopic (exact) mass is 476 g/mol. The zero-order valence-corrected chi connectivity index (χ0v) is 19.6. The highest BCUT2D eigenvalue weighted by Crippen LogP contribution is 2.30. The predicted molar refractivity (Wildman–Crippen MR) is 126 cm³/mol. The summed E-state index contributed by atoms with van der Waals surface area (Å²) < 4.78 is 5.24. The van der Waals surface area contributed by atoms with E-state index in [4.69, 9.17) is 4.74 Å². The minimum Gasteiger partial charge on any atom is -0.480 e. The number of nitrogens with zero attached hydrogens (tertiary/aromatic N) is 1. The first-order valence-electron chi connectivity index (χ1n) is 10.6. The molecule has 1 aliphatic heterocycles. The van der Waals surface area contributed by atoms with Gasteiger partial charge in [-0.2, -0.15) is 11.8 Å². The number of thiophene rings is 1. The smallest absolute Gasteiger partial charge is 0.323 e. The Labute approximate surface area is 196 Å². The molecule has 0 bridgehead atoms. The second-order valence-electron chi connectivity index (χ2n) is 7.47. The lowest BCUT2D eigenvalue weighted by Crippen LogP contribution is -2.54. The lowest BCUT2D eigenvalue weighted by Gasteiger charge is -2.31. The molecule has 2 N–H and O–H groups in total. The van der Waals surface area contributed by atoms with Crippen LogP contribution in [-0.2, 0) is 25.5 Å². The first-order chi connectivity index (χ1) is 15.5. The highest BCUT2D eigenvalue weighted by atomic mass is 32.2. The van der Waals surface area contributed by atoms with E-state index in [-0.39, 0.29) is 18.6 Å². The summed E-state index contributed by atoms with van der Waals surface area (Å²) in [4.78, 5) is 40.2. The summed E-state index contributed by atoms with van der Waals surface area (Å²) in [5, 5.41) is 14.6. The average molecular weight is 477 g/mol. The fraction of sp³-hybridized carbons (Fsp3) is 0.435. The molecule has 2 aromatic rings. The van der Waals surface area contributed by atoms with Crippen LogP contribution in [0.1, 0.15) is 29.8 Å². The van der Waals surface area contributed by atoms with E-state index in [9.17, 15) is 19.5 Å².